The Balaban J connectivity index is 1.20. The van der Waals surface area contributed by atoms with Crippen LogP contribution in [-0.2, 0) is 16.0 Å². The molecule has 1 atom stereocenters. The van der Waals surface area contributed by atoms with Gasteiger partial charge in [0.1, 0.15) is 11.3 Å². The standard InChI is InChI=1S/C26H32N4O3/c1-3-20-8-4-6-10-22(20)28-25(31)18-29-12-14-30(15-13-29)26(32)17-27-19(2)24-16-21-9-5-7-11-23(21)33-24/h4-11,16,19,27H,3,12-15,17-18H2,1-2H3,(H,28,31). The highest BCUT2D eigenvalue weighted by Gasteiger charge is 2.23. The minimum Gasteiger partial charge on any atom is -0.459 e. The smallest absolute Gasteiger partial charge is 0.238 e. The Kier molecular flexibility index (Phi) is 7.42. The Morgan fingerprint density at radius 3 is 2.52 bits per heavy atom. The Morgan fingerprint density at radius 1 is 1.03 bits per heavy atom. The minimum absolute atomic E-state index is 0.0167. The summed E-state index contributed by atoms with van der Waals surface area (Å²) in [6.45, 7) is 7.29. The highest BCUT2D eigenvalue weighted by molar-refractivity contribution is 5.93. The van der Waals surface area contributed by atoms with Gasteiger partial charge < -0.3 is 14.6 Å². The third-order valence-electron chi connectivity index (χ3n) is 6.20. The molecule has 1 fully saturated rings. The summed E-state index contributed by atoms with van der Waals surface area (Å²) in [5.74, 6) is 0.875. The molecular formula is C26H32N4O3. The van der Waals surface area contributed by atoms with Gasteiger partial charge in [-0.05, 0) is 37.1 Å². The molecule has 4 rings (SSSR count). The van der Waals surface area contributed by atoms with Crippen molar-refractivity contribution in [2.45, 2.75) is 26.3 Å². The number of nitrogens with one attached hydrogen (secondary N) is 2. The number of carbonyl (C=O) groups excluding carboxylic acids is 2. The first kappa shape index (κ1) is 23.0. The second-order valence-corrected chi connectivity index (χ2v) is 8.50. The Bertz CT molecular complexity index is 1070. The molecule has 2 N–H and O–H groups in total. The molecule has 1 aromatic heterocycles. The van der Waals surface area contributed by atoms with Crippen molar-refractivity contribution in [2.24, 2.45) is 0 Å². The summed E-state index contributed by atoms with van der Waals surface area (Å²) in [7, 11) is 0. The second-order valence-electron chi connectivity index (χ2n) is 8.50. The lowest BCUT2D eigenvalue weighted by Crippen LogP contribution is -2.52. The van der Waals surface area contributed by atoms with E-state index >= 15 is 0 Å². The van der Waals surface area contributed by atoms with E-state index < -0.39 is 0 Å². The number of benzene rings is 2. The molecule has 0 bridgehead atoms. The molecule has 7 heteroatoms. The molecule has 1 aliphatic heterocycles. The Labute approximate surface area is 194 Å². The molecule has 0 spiro atoms. The zero-order valence-corrected chi connectivity index (χ0v) is 19.3. The van der Waals surface area contributed by atoms with E-state index in [1.165, 1.54) is 0 Å². The first-order valence-corrected chi connectivity index (χ1v) is 11.6. The maximum absolute atomic E-state index is 12.7. The summed E-state index contributed by atoms with van der Waals surface area (Å²) in [4.78, 5) is 29.1. The van der Waals surface area contributed by atoms with Crippen molar-refractivity contribution >= 4 is 28.5 Å². The monoisotopic (exact) mass is 448 g/mol. The van der Waals surface area contributed by atoms with Gasteiger partial charge in [-0.25, -0.2) is 0 Å². The van der Waals surface area contributed by atoms with E-state index in [1.54, 1.807) is 0 Å². The van der Waals surface area contributed by atoms with Gasteiger partial charge in [0.05, 0.1) is 19.1 Å². The van der Waals surface area contributed by atoms with E-state index in [4.69, 9.17) is 4.42 Å². The van der Waals surface area contributed by atoms with Crippen LogP contribution in [0.2, 0.25) is 0 Å². The van der Waals surface area contributed by atoms with Crippen LogP contribution in [0, 0.1) is 0 Å². The number of fused-ring (bicyclic) bond motifs is 1. The van der Waals surface area contributed by atoms with Gasteiger partial charge in [0.15, 0.2) is 0 Å². The number of furan rings is 1. The van der Waals surface area contributed by atoms with Crippen molar-refractivity contribution in [3.05, 3.63) is 65.9 Å². The first-order valence-electron chi connectivity index (χ1n) is 11.6. The summed E-state index contributed by atoms with van der Waals surface area (Å²) < 4.78 is 5.88. The second kappa shape index (κ2) is 10.6. The third kappa shape index (κ3) is 5.80. The summed E-state index contributed by atoms with van der Waals surface area (Å²) in [5, 5.41) is 7.36. The average Bonchev–Trinajstić information content (AvgIpc) is 3.27. The summed E-state index contributed by atoms with van der Waals surface area (Å²) >= 11 is 0. The number of hydrogen-bond donors (Lipinski definition) is 2. The summed E-state index contributed by atoms with van der Waals surface area (Å²) in [5.41, 5.74) is 2.86. The molecule has 7 nitrogen and oxygen atoms in total. The number of nitrogens with zero attached hydrogens (tertiary/aromatic N) is 2. The van der Waals surface area contributed by atoms with Crippen molar-refractivity contribution in [1.29, 1.82) is 0 Å². The van der Waals surface area contributed by atoms with Crippen molar-refractivity contribution in [3.63, 3.8) is 0 Å². The maximum atomic E-state index is 12.7. The molecule has 2 amide bonds. The van der Waals surface area contributed by atoms with Gasteiger partial charge in [-0.1, -0.05) is 43.3 Å². The lowest BCUT2D eigenvalue weighted by molar-refractivity contribution is -0.132. The number of anilines is 1. The van der Waals surface area contributed by atoms with Gasteiger partial charge in [-0.3, -0.25) is 19.8 Å². The maximum Gasteiger partial charge on any atom is 0.238 e. The molecule has 0 saturated carbocycles. The fourth-order valence-corrected chi connectivity index (χ4v) is 4.17. The number of aryl methyl sites for hydroxylation is 1. The molecule has 174 valence electrons. The van der Waals surface area contributed by atoms with Crippen molar-refractivity contribution in [2.75, 3.05) is 44.6 Å². The Morgan fingerprint density at radius 2 is 1.76 bits per heavy atom. The molecule has 1 saturated heterocycles. The highest BCUT2D eigenvalue weighted by atomic mass is 16.3. The van der Waals surface area contributed by atoms with E-state index in [-0.39, 0.29) is 24.4 Å². The van der Waals surface area contributed by atoms with Crippen LogP contribution in [0.4, 0.5) is 5.69 Å². The highest BCUT2D eigenvalue weighted by Crippen LogP contribution is 2.23. The van der Waals surface area contributed by atoms with E-state index in [0.29, 0.717) is 32.7 Å². The van der Waals surface area contributed by atoms with Gasteiger partial charge in [0.2, 0.25) is 11.8 Å². The molecule has 1 aliphatic rings. The molecule has 1 unspecified atom stereocenters. The largest absolute Gasteiger partial charge is 0.459 e. The van der Waals surface area contributed by atoms with Crippen molar-refractivity contribution in [1.82, 2.24) is 15.1 Å². The Hall–Kier alpha value is -3.16. The number of amides is 2. The van der Waals surface area contributed by atoms with Crippen LogP contribution < -0.4 is 10.6 Å². The quantitative estimate of drug-likeness (QED) is 0.552. The van der Waals surface area contributed by atoms with Crippen molar-refractivity contribution in [3.8, 4) is 0 Å². The van der Waals surface area contributed by atoms with E-state index in [0.717, 1.165) is 34.4 Å². The SMILES string of the molecule is CCc1ccccc1NC(=O)CN1CCN(C(=O)CNC(C)c2cc3ccccc3o2)CC1. The normalized spacial score (nSPS) is 15.5. The van der Waals surface area contributed by atoms with E-state index in [1.807, 2.05) is 66.4 Å². The minimum atomic E-state index is -0.0580. The molecule has 2 heterocycles. The third-order valence-corrected chi connectivity index (χ3v) is 6.20. The fourth-order valence-electron chi connectivity index (χ4n) is 4.17. The van der Waals surface area contributed by atoms with E-state index in [2.05, 4.69) is 22.5 Å². The van der Waals surface area contributed by atoms with Crippen LogP contribution in [0.3, 0.4) is 0 Å². The van der Waals surface area contributed by atoms with Crippen LogP contribution in [0.25, 0.3) is 11.0 Å². The van der Waals surface area contributed by atoms with Gasteiger partial charge in [-0.2, -0.15) is 0 Å². The van der Waals surface area contributed by atoms with Crippen LogP contribution >= 0.6 is 0 Å². The number of rotatable bonds is 8. The van der Waals surface area contributed by atoms with Crippen LogP contribution in [0.1, 0.15) is 31.2 Å². The zero-order chi connectivity index (χ0) is 23.2. The summed E-state index contributed by atoms with van der Waals surface area (Å²) in [6.07, 6.45) is 0.875. The van der Waals surface area contributed by atoms with Crippen LogP contribution in [0.15, 0.2) is 59.0 Å². The molecular weight excluding hydrogens is 416 g/mol. The van der Waals surface area contributed by atoms with Crippen molar-refractivity contribution < 1.29 is 14.0 Å². The fraction of sp³-hybridized carbons (Fsp3) is 0.385. The lowest BCUT2D eigenvalue weighted by Gasteiger charge is -2.34. The van der Waals surface area contributed by atoms with Gasteiger partial charge in [0.25, 0.3) is 0 Å². The zero-order valence-electron chi connectivity index (χ0n) is 19.3. The van der Waals surface area contributed by atoms with E-state index in [9.17, 15) is 9.59 Å². The number of carbonyl (C=O) groups is 2. The average molecular weight is 449 g/mol. The predicted molar refractivity (Wildman–Crippen MR) is 130 cm³/mol. The van der Waals surface area contributed by atoms with Gasteiger partial charge in [-0.15, -0.1) is 0 Å². The molecule has 33 heavy (non-hydrogen) atoms. The van der Waals surface area contributed by atoms with Gasteiger partial charge >= 0.3 is 0 Å². The number of hydrogen-bond acceptors (Lipinski definition) is 5. The molecule has 0 radical (unpaired) electrons. The number of para-hydroxylation sites is 2. The van der Waals surface area contributed by atoms with Gasteiger partial charge in [0, 0.05) is 37.3 Å². The number of piperazine rings is 1. The molecule has 2 aromatic carbocycles. The topological polar surface area (TPSA) is 77.8 Å². The summed E-state index contributed by atoms with van der Waals surface area (Å²) in [6, 6.07) is 17.7. The first-order chi connectivity index (χ1) is 16.0. The van der Waals surface area contributed by atoms with Crippen LogP contribution in [0.5, 0.6) is 0 Å². The lowest BCUT2D eigenvalue weighted by atomic mass is 10.1. The molecule has 3 aromatic rings. The van der Waals surface area contributed by atoms with Crippen LogP contribution in [-0.4, -0.2) is 60.9 Å². The predicted octanol–water partition coefficient (Wildman–Crippen LogP) is 3.43. The molecule has 0 aliphatic carbocycles.